The van der Waals surface area contributed by atoms with Crippen LogP contribution in [-0.4, -0.2) is 49.5 Å². The molecule has 1 fully saturated rings. The summed E-state index contributed by atoms with van der Waals surface area (Å²) in [5, 5.41) is 19.3. The fourth-order valence-corrected chi connectivity index (χ4v) is 4.50. The number of nitrogens with zero attached hydrogens (tertiary/aromatic N) is 4. The highest BCUT2D eigenvalue weighted by Gasteiger charge is 2.39. The quantitative estimate of drug-likeness (QED) is 0.369. The summed E-state index contributed by atoms with van der Waals surface area (Å²) in [5.74, 6) is -0.353. The number of piperidine rings is 1. The number of esters is 1. The standard InChI is InChI=1S/C27H32N4O4/c1-2-3-6-15-26(33)30-18-24(25(32)16-23(30)20-11-7-4-8-12-20)31-17-22(28-29-31)19-35-27(34)21-13-9-5-10-14-21/h4-5,7-14,17,23-25,32H,2-3,6,15-16,18-19H2,1H3/t23-,24-,25-/m0/s1. The summed E-state index contributed by atoms with van der Waals surface area (Å²) in [4.78, 5) is 27.3. The van der Waals surface area contributed by atoms with E-state index >= 15 is 0 Å². The number of rotatable bonds is 9. The number of benzene rings is 2. The first kappa shape index (κ1) is 24.6. The molecule has 184 valence electrons. The molecule has 2 heterocycles. The number of aliphatic hydroxyl groups excluding tert-OH is 1. The van der Waals surface area contributed by atoms with Gasteiger partial charge in [0, 0.05) is 19.4 Å². The predicted octanol–water partition coefficient (Wildman–Crippen LogP) is 4.09. The van der Waals surface area contributed by atoms with Gasteiger partial charge in [0.1, 0.15) is 12.3 Å². The van der Waals surface area contributed by atoms with E-state index in [4.69, 9.17) is 4.74 Å². The van der Waals surface area contributed by atoms with Crippen molar-refractivity contribution in [3.63, 3.8) is 0 Å². The highest BCUT2D eigenvalue weighted by atomic mass is 16.5. The van der Waals surface area contributed by atoms with E-state index in [1.165, 1.54) is 0 Å². The van der Waals surface area contributed by atoms with Crippen molar-refractivity contribution in [2.45, 2.75) is 63.8 Å². The van der Waals surface area contributed by atoms with E-state index in [2.05, 4.69) is 17.2 Å². The van der Waals surface area contributed by atoms with E-state index < -0.39 is 18.1 Å². The van der Waals surface area contributed by atoms with Gasteiger partial charge in [0.15, 0.2) is 0 Å². The lowest BCUT2D eigenvalue weighted by Gasteiger charge is -2.42. The molecule has 4 rings (SSSR count). The van der Waals surface area contributed by atoms with Crippen LogP contribution in [0.15, 0.2) is 66.9 Å². The summed E-state index contributed by atoms with van der Waals surface area (Å²) in [6.45, 7) is 2.42. The molecule has 35 heavy (non-hydrogen) atoms. The molecule has 0 radical (unpaired) electrons. The molecular weight excluding hydrogens is 444 g/mol. The van der Waals surface area contributed by atoms with Gasteiger partial charge in [-0.2, -0.15) is 0 Å². The molecule has 0 aliphatic carbocycles. The normalized spacial score (nSPS) is 19.9. The molecule has 1 N–H and O–H groups in total. The SMILES string of the molecule is CCCCCC(=O)N1C[C@H](n2cc(COC(=O)c3ccccc3)nn2)[C@@H](O)C[C@H]1c1ccccc1. The Morgan fingerprint density at radius 2 is 1.77 bits per heavy atom. The molecule has 1 aliphatic rings. The highest BCUT2D eigenvalue weighted by Crippen LogP contribution is 2.36. The van der Waals surface area contributed by atoms with Crippen molar-refractivity contribution >= 4 is 11.9 Å². The van der Waals surface area contributed by atoms with Crippen molar-refractivity contribution in [1.82, 2.24) is 19.9 Å². The van der Waals surface area contributed by atoms with Gasteiger partial charge < -0.3 is 14.7 Å². The molecule has 1 aromatic heterocycles. The van der Waals surface area contributed by atoms with E-state index in [0.717, 1.165) is 24.8 Å². The number of carbonyl (C=O) groups is 2. The Hall–Kier alpha value is -3.52. The van der Waals surface area contributed by atoms with Crippen molar-refractivity contribution in [3.8, 4) is 0 Å². The molecule has 2 aromatic carbocycles. The first-order valence-electron chi connectivity index (χ1n) is 12.2. The van der Waals surface area contributed by atoms with Crippen LogP contribution in [0.1, 0.15) is 72.7 Å². The van der Waals surface area contributed by atoms with Gasteiger partial charge in [-0.3, -0.25) is 4.79 Å². The van der Waals surface area contributed by atoms with E-state index in [1.807, 2.05) is 41.3 Å². The fraction of sp³-hybridized carbons (Fsp3) is 0.407. The predicted molar refractivity (Wildman–Crippen MR) is 130 cm³/mol. The van der Waals surface area contributed by atoms with Crippen molar-refractivity contribution in [2.24, 2.45) is 0 Å². The monoisotopic (exact) mass is 476 g/mol. The van der Waals surface area contributed by atoms with E-state index in [9.17, 15) is 14.7 Å². The molecule has 0 saturated carbocycles. The lowest BCUT2D eigenvalue weighted by atomic mass is 9.90. The average molecular weight is 477 g/mol. The Morgan fingerprint density at radius 3 is 2.49 bits per heavy atom. The summed E-state index contributed by atoms with van der Waals surface area (Å²) >= 11 is 0. The molecule has 1 saturated heterocycles. The smallest absolute Gasteiger partial charge is 0.338 e. The van der Waals surface area contributed by atoms with Crippen LogP contribution >= 0.6 is 0 Å². The van der Waals surface area contributed by atoms with Gasteiger partial charge in [-0.15, -0.1) is 5.10 Å². The maximum atomic E-state index is 13.2. The van der Waals surface area contributed by atoms with Gasteiger partial charge in [0.2, 0.25) is 5.91 Å². The number of unbranched alkanes of at least 4 members (excludes halogenated alkanes) is 2. The maximum absolute atomic E-state index is 13.2. The van der Waals surface area contributed by atoms with Gasteiger partial charge in [-0.25, -0.2) is 9.48 Å². The Morgan fingerprint density at radius 1 is 1.06 bits per heavy atom. The van der Waals surface area contributed by atoms with Crippen molar-refractivity contribution in [1.29, 1.82) is 0 Å². The van der Waals surface area contributed by atoms with Crippen molar-refractivity contribution < 1.29 is 19.4 Å². The third kappa shape index (κ3) is 6.14. The summed E-state index contributed by atoms with van der Waals surface area (Å²) < 4.78 is 6.94. The van der Waals surface area contributed by atoms with Crippen LogP contribution in [0.25, 0.3) is 0 Å². The lowest BCUT2D eigenvalue weighted by molar-refractivity contribution is -0.139. The minimum absolute atomic E-state index is 0.0250. The fourth-order valence-electron chi connectivity index (χ4n) is 4.50. The molecule has 1 amide bonds. The number of hydrogen-bond acceptors (Lipinski definition) is 6. The number of ether oxygens (including phenoxy) is 1. The third-order valence-corrected chi connectivity index (χ3v) is 6.43. The van der Waals surface area contributed by atoms with E-state index in [1.54, 1.807) is 35.1 Å². The number of likely N-dealkylation sites (tertiary alicyclic amines) is 1. The molecule has 8 heteroatoms. The Bertz CT molecular complexity index is 1100. The zero-order valence-corrected chi connectivity index (χ0v) is 20.0. The first-order valence-corrected chi connectivity index (χ1v) is 12.2. The second-order valence-electron chi connectivity index (χ2n) is 8.93. The van der Waals surface area contributed by atoms with Crippen LogP contribution in [0, 0.1) is 0 Å². The van der Waals surface area contributed by atoms with Crippen LogP contribution in [0.4, 0.5) is 0 Å². The van der Waals surface area contributed by atoms with Crippen LogP contribution in [-0.2, 0) is 16.1 Å². The Labute approximate surface area is 205 Å². The molecule has 0 bridgehead atoms. The minimum Gasteiger partial charge on any atom is -0.455 e. The van der Waals surface area contributed by atoms with Gasteiger partial charge in [0.25, 0.3) is 0 Å². The molecule has 0 spiro atoms. The molecule has 1 aliphatic heterocycles. The van der Waals surface area contributed by atoms with E-state index in [-0.39, 0.29) is 18.6 Å². The number of amides is 1. The molecule has 8 nitrogen and oxygen atoms in total. The number of carbonyl (C=O) groups excluding carboxylic acids is 2. The number of hydrogen-bond donors (Lipinski definition) is 1. The van der Waals surface area contributed by atoms with Gasteiger partial charge in [-0.1, -0.05) is 73.5 Å². The highest BCUT2D eigenvalue weighted by molar-refractivity contribution is 5.89. The van der Waals surface area contributed by atoms with Crippen LogP contribution in [0.5, 0.6) is 0 Å². The maximum Gasteiger partial charge on any atom is 0.338 e. The Kier molecular flexibility index (Phi) is 8.26. The zero-order valence-electron chi connectivity index (χ0n) is 20.0. The van der Waals surface area contributed by atoms with Crippen molar-refractivity contribution in [2.75, 3.05) is 6.54 Å². The molecule has 3 aromatic rings. The van der Waals surface area contributed by atoms with Crippen LogP contribution < -0.4 is 0 Å². The minimum atomic E-state index is -0.707. The summed E-state index contributed by atoms with van der Waals surface area (Å²) in [6, 6.07) is 18.0. The summed E-state index contributed by atoms with van der Waals surface area (Å²) in [5.41, 5.74) is 1.96. The summed E-state index contributed by atoms with van der Waals surface area (Å²) in [7, 11) is 0. The van der Waals surface area contributed by atoms with Crippen molar-refractivity contribution in [3.05, 3.63) is 83.7 Å². The van der Waals surface area contributed by atoms with Crippen LogP contribution in [0.2, 0.25) is 0 Å². The van der Waals surface area contributed by atoms with Gasteiger partial charge >= 0.3 is 5.97 Å². The topological polar surface area (TPSA) is 97.6 Å². The van der Waals surface area contributed by atoms with Crippen LogP contribution in [0.3, 0.4) is 0 Å². The van der Waals surface area contributed by atoms with Gasteiger partial charge in [0.05, 0.1) is 29.9 Å². The summed E-state index contributed by atoms with van der Waals surface area (Å²) in [6.07, 6.45) is 4.77. The second kappa shape index (κ2) is 11.8. The number of aromatic nitrogens is 3. The Balaban J connectivity index is 1.46. The average Bonchev–Trinajstić information content (AvgIpc) is 3.37. The lowest BCUT2D eigenvalue weighted by Crippen LogP contribution is -2.48. The third-order valence-electron chi connectivity index (χ3n) is 6.43. The first-order chi connectivity index (χ1) is 17.1. The molecule has 0 unspecified atom stereocenters. The zero-order chi connectivity index (χ0) is 24.6. The second-order valence-corrected chi connectivity index (χ2v) is 8.93. The largest absolute Gasteiger partial charge is 0.455 e. The molecule has 3 atom stereocenters. The number of aliphatic hydroxyl groups is 1. The van der Waals surface area contributed by atoms with E-state index in [0.29, 0.717) is 30.6 Å². The molecular formula is C27H32N4O4. The van der Waals surface area contributed by atoms with Gasteiger partial charge in [-0.05, 0) is 24.1 Å².